The van der Waals surface area contributed by atoms with E-state index in [-0.39, 0.29) is 0 Å². The lowest BCUT2D eigenvalue weighted by Crippen LogP contribution is -2.50. The Bertz CT molecular complexity index is 574. The molecule has 1 N–H and O–H groups in total. The Hall–Kier alpha value is -0.680. The average Bonchev–Trinajstić information content (AvgIpc) is 3.22. The zero-order valence-corrected chi connectivity index (χ0v) is 15.3. The minimum Gasteiger partial charge on any atom is -0.379 e. The molecule has 0 unspecified atom stereocenters. The lowest BCUT2D eigenvalue weighted by molar-refractivity contribution is -0.00359. The fourth-order valence-electron chi connectivity index (χ4n) is 4.66. The van der Waals surface area contributed by atoms with E-state index in [1.54, 1.807) is 22.7 Å². The van der Waals surface area contributed by atoms with Crippen molar-refractivity contribution in [1.82, 2.24) is 4.90 Å². The van der Waals surface area contributed by atoms with Crippen LogP contribution in [-0.4, -0.2) is 29.1 Å². The van der Waals surface area contributed by atoms with Gasteiger partial charge in [-0.3, -0.25) is 0 Å². The van der Waals surface area contributed by atoms with Gasteiger partial charge < -0.3 is 10.0 Å². The Kier molecular flexibility index (Phi) is 4.35. The van der Waals surface area contributed by atoms with Crippen LogP contribution in [0.5, 0.6) is 0 Å². The number of hydrogen-bond acceptors (Lipinski definition) is 4. The van der Waals surface area contributed by atoms with Gasteiger partial charge in [0.15, 0.2) is 0 Å². The largest absolute Gasteiger partial charge is 0.379 e. The molecule has 2 aliphatic heterocycles. The molecule has 2 fully saturated rings. The van der Waals surface area contributed by atoms with Crippen LogP contribution >= 0.6 is 22.7 Å². The van der Waals surface area contributed by atoms with E-state index in [0.717, 1.165) is 28.3 Å². The highest BCUT2D eigenvalue weighted by Crippen LogP contribution is 2.45. The van der Waals surface area contributed by atoms with Crippen molar-refractivity contribution in [1.29, 1.82) is 0 Å². The van der Waals surface area contributed by atoms with Gasteiger partial charge in [-0.1, -0.05) is 18.6 Å². The molecular formula is C19H25NOS2. The summed E-state index contributed by atoms with van der Waals surface area (Å²) in [7, 11) is 2.30. The lowest BCUT2D eigenvalue weighted by Gasteiger charge is -2.48. The third-order valence-corrected chi connectivity index (χ3v) is 7.92. The van der Waals surface area contributed by atoms with E-state index >= 15 is 0 Å². The standard InChI is InChI=1S/C19H25NOS2/c1-20-15-5-2-6-16(20)12-14(11-15)13-19(21,17-7-3-9-22-17)18-8-4-10-23-18/h3-4,7-10,14-16,21H,2,5-6,11-13H2,1H3/t14-,15-,16+. The molecule has 3 atom stereocenters. The fourth-order valence-corrected chi connectivity index (χ4v) is 6.43. The second kappa shape index (κ2) is 6.32. The molecule has 0 saturated carbocycles. The van der Waals surface area contributed by atoms with Gasteiger partial charge in [0, 0.05) is 21.8 Å². The van der Waals surface area contributed by atoms with E-state index in [2.05, 4.69) is 47.0 Å². The van der Waals surface area contributed by atoms with Gasteiger partial charge in [-0.15, -0.1) is 22.7 Å². The van der Waals surface area contributed by atoms with Gasteiger partial charge in [0.1, 0.15) is 5.60 Å². The third kappa shape index (κ3) is 2.91. The van der Waals surface area contributed by atoms with Crippen molar-refractivity contribution in [3.63, 3.8) is 0 Å². The van der Waals surface area contributed by atoms with E-state index < -0.39 is 5.60 Å². The molecule has 4 heteroatoms. The molecule has 2 saturated heterocycles. The first-order chi connectivity index (χ1) is 11.2. The van der Waals surface area contributed by atoms with Crippen molar-refractivity contribution >= 4 is 22.7 Å². The molecule has 4 heterocycles. The Morgan fingerprint density at radius 2 is 1.65 bits per heavy atom. The van der Waals surface area contributed by atoms with E-state index in [1.165, 1.54) is 32.1 Å². The Morgan fingerprint density at radius 1 is 1.09 bits per heavy atom. The number of piperidine rings is 2. The molecule has 0 aliphatic carbocycles. The van der Waals surface area contributed by atoms with Gasteiger partial charge in [0.25, 0.3) is 0 Å². The molecule has 0 spiro atoms. The van der Waals surface area contributed by atoms with Crippen LogP contribution in [0.3, 0.4) is 0 Å². The van der Waals surface area contributed by atoms with Crippen LogP contribution in [-0.2, 0) is 5.60 Å². The van der Waals surface area contributed by atoms with Crippen LogP contribution in [0.4, 0.5) is 0 Å². The minimum atomic E-state index is -0.794. The Labute approximate surface area is 146 Å². The quantitative estimate of drug-likeness (QED) is 0.866. The van der Waals surface area contributed by atoms with E-state index in [4.69, 9.17) is 0 Å². The normalized spacial score (nSPS) is 28.9. The SMILES string of the molecule is CN1[C@@H]2CCC[C@H]1C[C@H](CC(O)(c1cccs1)c1cccs1)C2. The summed E-state index contributed by atoms with van der Waals surface area (Å²) in [5.41, 5.74) is -0.794. The second-order valence-corrected chi connectivity index (χ2v) is 9.16. The van der Waals surface area contributed by atoms with Gasteiger partial charge in [0.2, 0.25) is 0 Å². The van der Waals surface area contributed by atoms with Crippen molar-refractivity contribution in [2.75, 3.05) is 7.05 Å². The summed E-state index contributed by atoms with van der Waals surface area (Å²) in [6.45, 7) is 0. The maximum Gasteiger partial charge on any atom is 0.133 e. The number of thiophene rings is 2. The summed E-state index contributed by atoms with van der Waals surface area (Å²) < 4.78 is 0. The molecule has 4 rings (SSSR count). The summed E-state index contributed by atoms with van der Waals surface area (Å²) in [6.07, 6.45) is 7.40. The molecule has 23 heavy (non-hydrogen) atoms. The third-order valence-electron chi connectivity index (χ3n) is 5.88. The fraction of sp³-hybridized carbons (Fsp3) is 0.579. The van der Waals surface area contributed by atoms with Crippen molar-refractivity contribution in [3.8, 4) is 0 Å². The smallest absolute Gasteiger partial charge is 0.133 e. The first kappa shape index (κ1) is 15.8. The average molecular weight is 348 g/mol. The maximum absolute atomic E-state index is 11.6. The topological polar surface area (TPSA) is 23.5 Å². The first-order valence-corrected chi connectivity index (χ1v) is 10.4. The lowest BCUT2D eigenvalue weighted by atomic mass is 9.74. The highest BCUT2D eigenvalue weighted by molar-refractivity contribution is 7.11. The highest BCUT2D eigenvalue weighted by atomic mass is 32.1. The van der Waals surface area contributed by atoms with Gasteiger partial charge in [0.05, 0.1) is 0 Å². The van der Waals surface area contributed by atoms with E-state index in [0.29, 0.717) is 5.92 Å². The zero-order valence-electron chi connectivity index (χ0n) is 13.6. The monoisotopic (exact) mass is 347 g/mol. The van der Waals surface area contributed by atoms with Crippen molar-refractivity contribution in [3.05, 3.63) is 44.8 Å². The first-order valence-electron chi connectivity index (χ1n) is 8.69. The molecule has 2 bridgehead atoms. The molecular weight excluding hydrogens is 322 g/mol. The van der Waals surface area contributed by atoms with Gasteiger partial charge >= 0.3 is 0 Å². The molecule has 0 radical (unpaired) electrons. The number of aliphatic hydroxyl groups is 1. The van der Waals surface area contributed by atoms with Crippen LogP contribution in [0.1, 0.15) is 48.3 Å². The summed E-state index contributed by atoms with van der Waals surface area (Å²) >= 11 is 3.37. The Morgan fingerprint density at radius 3 is 2.13 bits per heavy atom. The van der Waals surface area contributed by atoms with Crippen LogP contribution in [0.15, 0.2) is 35.0 Å². The summed E-state index contributed by atoms with van der Waals surface area (Å²) in [5.74, 6) is 0.621. The molecule has 124 valence electrons. The zero-order chi connectivity index (χ0) is 15.9. The number of nitrogens with zero attached hydrogens (tertiary/aromatic N) is 1. The maximum atomic E-state index is 11.6. The molecule has 2 nitrogen and oxygen atoms in total. The molecule has 0 amide bonds. The van der Waals surface area contributed by atoms with Crippen LogP contribution in [0.25, 0.3) is 0 Å². The van der Waals surface area contributed by atoms with Crippen molar-refractivity contribution < 1.29 is 5.11 Å². The summed E-state index contributed by atoms with van der Waals surface area (Å²) in [4.78, 5) is 4.81. The number of rotatable bonds is 4. The van der Waals surface area contributed by atoms with Gasteiger partial charge in [-0.25, -0.2) is 0 Å². The predicted octanol–water partition coefficient (Wildman–Crippen LogP) is 4.70. The predicted molar refractivity (Wildman–Crippen MR) is 98.2 cm³/mol. The molecule has 2 aromatic heterocycles. The molecule has 2 aliphatic rings. The van der Waals surface area contributed by atoms with Gasteiger partial charge in [-0.05, 0) is 68.0 Å². The number of hydrogen-bond donors (Lipinski definition) is 1. The molecule has 0 aromatic carbocycles. The van der Waals surface area contributed by atoms with Crippen molar-refractivity contribution in [2.24, 2.45) is 5.92 Å². The van der Waals surface area contributed by atoms with Gasteiger partial charge in [-0.2, -0.15) is 0 Å². The Balaban J connectivity index is 1.59. The second-order valence-electron chi connectivity index (χ2n) is 7.26. The van der Waals surface area contributed by atoms with Crippen LogP contribution in [0, 0.1) is 5.92 Å². The molecule has 2 aromatic rings. The minimum absolute atomic E-state index is 0.621. The van der Waals surface area contributed by atoms with E-state index in [1.807, 2.05) is 0 Å². The van der Waals surface area contributed by atoms with Crippen LogP contribution in [0.2, 0.25) is 0 Å². The summed E-state index contributed by atoms with van der Waals surface area (Å²) in [5, 5.41) is 15.8. The van der Waals surface area contributed by atoms with Crippen molar-refractivity contribution in [2.45, 2.75) is 56.2 Å². The summed E-state index contributed by atoms with van der Waals surface area (Å²) in [6, 6.07) is 9.76. The van der Waals surface area contributed by atoms with E-state index in [9.17, 15) is 5.11 Å². The number of fused-ring (bicyclic) bond motifs is 2. The highest BCUT2D eigenvalue weighted by Gasteiger charge is 2.42. The van der Waals surface area contributed by atoms with Crippen LogP contribution < -0.4 is 0 Å².